The number of benzene rings is 1. The molecule has 0 saturated carbocycles. The van der Waals surface area contributed by atoms with Crippen LogP contribution in [0.4, 0.5) is 11.6 Å². The summed E-state index contributed by atoms with van der Waals surface area (Å²) in [6, 6.07) is 14.9. The molecule has 2 aromatic heterocycles. The van der Waals surface area contributed by atoms with Gasteiger partial charge < -0.3 is 10.6 Å². The van der Waals surface area contributed by atoms with Gasteiger partial charge in [0, 0.05) is 36.6 Å². The van der Waals surface area contributed by atoms with Crippen LogP contribution in [0.5, 0.6) is 0 Å². The van der Waals surface area contributed by atoms with E-state index in [4.69, 9.17) is 10.7 Å². The van der Waals surface area contributed by atoms with Crippen molar-refractivity contribution in [2.24, 2.45) is 0 Å². The van der Waals surface area contributed by atoms with Crippen LogP contribution in [0.1, 0.15) is 31.7 Å². The molecule has 1 saturated heterocycles. The summed E-state index contributed by atoms with van der Waals surface area (Å²) in [5, 5.41) is 0. The van der Waals surface area contributed by atoms with E-state index in [1.807, 2.05) is 12.4 Å². The fourth-order valence-electron chi connectivity index (χ4n) is 3.79. The second-order valence-electron chi connectivity index (χ2n) is 7.12. The van der Waals surface area contributed by atoms with Crippen LogP contribution < -0.4 is 10.6 Å². The maximum atomic E-state index is 5.99. The molecule has 1 fully saturated rings. The first-order valence-corrected chi connectivity index (χ1v) is 9.81. The molecular formula is C23H26N4. The fourth-order valence-corrected chi connectivity index (χ4v) is 3.79. The molecule has 3 heterocycles. The normalized spacial score (nSPS) is 14.3. The number of pyridine rings is 2. The third-order valence-corrected chi connectivity index (χ3v) is 5.36. The van der Waals surface area contributed by atoms with Crippen LogP contribution in [0.2, 0.25) is 0 Å². The predicted octanol–water partition coefficient (Wildman–Crippen LogP) is 4.95. The van der Waals surface area contributed by atoms with Gasteiger partial charge in [-0.15, -0.1) is 0 Å². The third kappa shape index (κ3) is 3.65. The van der Waals surface area contributed by atoms with E-state index in [1.165, 1.54) is 24.8 Å². The van der Waals surface area contributed by atoms with Crippen molar-refractivity contribution in [2.75, 3.05) is 23.7 Å². The summed E-state index contributed by atoms with van der Waals surface area (Å²) in [6.07, 6.45) is 8.58. The van der Waals surface area contributed by atoms with Crippen molar-refractivity contribution in [3.8, 4) is 22.3 Å². The molecule has 4 nitrogen and oxygen atoms in total. The predicted molar refractivity (Wildman–Crippen MR) is 113 cm³/mol. The van der Waals surface area contributed by atoms with Crippen molar-refractivity contribution in [3.63, 3.8) is 0 Å². The third-order valence-electron chi connectivity index (χ3n) is 5.36. The van der Waals surface area contributed by atoms with Gasteiger partial charge in [0.25, 0.3) is 0 Å². The fraction of sp³-hybridized carbons (Fsp3) is 0.304. The van der Waals surface area contributed by atoms with Gasteiger partial charge in [0.2, 0.25) is 0 Å². The molecule has 138 valence electrons. The molecule has 0 spiro atoms. The summed E-state index contributed by atoms with van der Waals surface area (Å²) in [4.78, 5) is 11.5. The second kappa shape index (κ2) is 7.78. The minimum absolute atomic E-state index is 0.617. The summed E-state index contributed by atoms with van der Waals surface area (Å²) in [7, 11) is 0. The lowest BCUT2D eigenvalue weighted by Crippen LogP contribution is -2.29. The Morgan fingerprint density at radius 3 is 2.26 bits per heavy atom. The first-order valence-electron chi connectivity index (χ1n) is 9.81. The number of nitrogens with zero attached hydrogens (tertiary/aromatic N) is 3. The SMILES string of the molecule is CCc1cc(-c2ccccc2-c2ccc(N3CCCCC3)nc2)cnc1N. The van der Waals surface area contributed by atoms with Crippen LogP contribution in [0, 0.1) is 0 Å². The second-order valence-corrected chi connectivity index (χ2v) is 7.12. The van der Waals surface area contributed by atoms with Crippen molar-refractivity contribution in [1.29, 1.82) is 0 Å². The van der Waals surface area contributed by atoms with E-state index >= 15 is 0 Å². The van der Waals surface area contributed by atoms with E-state index in [0.29, 0.717) is 5.82 Å². The Morgan fingerprint density at radius 1 is 0.889 bits per heavy atom. The molecular weight excluding hydrogens is 332 g/mol. The molecule has 0 bridgehead atoms. The monoisotopic (exact) mass is 358 g/mol. The van der Waals surface area contributed by atoms with Gasteiger partial charge in [-0.1, -0.05) is 31.2 Å². The summed E-state index contributed by atoms with van der Waals surface area (Å²) < 4.78 is 0. The van der Waals surface area contributed by atoms with Gasteiger partial charge in [0.05, 0.1) is 0 Å². The quantitative estimate of drug-likeness (QED) is 0.717. The summed E-state index contributed by atoms with van der Waals surface area (Å²) >= 11 is 0. The highest BCUT2D eigenvalue weighted by atomic mass is 15.2. The lowest BCUT2D eigenvalue weighted by Gasteiger charge is -2.27. The van der Waals surface area contributed by atoms with Gasteiger partial charge in [-0.05, 0) is 60.6 Å². The number of anilines is 2. The molecule has 1 aliphatic rings. The zero-order valence-corrected chi connectivity index (χ0v) is 15.9. The largest absolute Gasteiger partial charge is 0.383 e. The van der Waals surface area contributed by atoms with E-state index in [-0.39, 0.29) is 0 Å². The number of aromatic nitrogens is 2. The van der Waals surface area contributed by atoms with Crippen LogP contribution >= 0.6 is 0 Å². The Morgan fingerprint density at radius 2 is 1.59 bits per heavy atom. The maximum absolute atomic E-state index is 5.99. The molecule has 0 radical (unpaired) electrons. The van der Waals surface area contributed by atoms with Gasteiger partial charge >= 0.3 is 0 Å². The lowest BCUT2D eigenvalue weighted by atomic mass is 9.95. The number of aryl methyl sites for hydroxylation is 1. The molecule has 1 aromatic carbocycles. The standard InChI is InChI=1S/C23H26N4/c1-2-17-14-19(16-26-23(17)24)21-9-5-4-8-20(21)18-10-11-22(25-15-18)27-12-6-3-7-13-27/h4-5,8-11,14-16H,2-3,6-7,12-13H2,1H3,(H2,24,26). The lowest BCUT2D eigenvalue weighted by molar-refractivity contribution is 0.573. The molecule has 0 atom stereocenters. The zero-order chi connectivity index (χ0) is 18.6. The number of piperidine rings is 1. The Balaban J connectivity index is 1.68. The van der Waals surface area contributed by atoms with Crippen LogP contribution in [-0.2, 0) is 6.42 Å². The summed E-state index contributed by atoms with van der Waals surface area (Å²) in [5.41, 5.74) is 11.6. The van der Waals surface area contributed by atoms with Gasteiger partial charge in [0.15, 0.2) is 0 Å². The number of hydrogen-bond acceptors (Lipinski definition) is 4. The molecule has 3 aromatic rings. The van der Waals surface area contributed by atoms with Crippen molar-refractivity contribution in [3.05, 3.63) is 60.4 Å². The van der Waals surface area contributed by atoms with E-state index < -0.39 is 0 Å². The van der Waals surface area contributed by atoms with Crippen LogP contribution in [0.3, 0.4) is 0 Å². The van der Waals surface area contributed by atoms with Crippen molar-refractivity contribution in [2.45, 2.75) is 32.6 Å². The molecule has 4 rings (SSSR count). The molecule has 4 heteroatoms. The first-order chi connectivity index (χ1) is 13.3. The summed E-state index contributed by atoms with van der Waals surface area (Å²) in [5.74, 6) is 1.70. The minimum atomic E-state index is 0.617. The average molecular weight is 358 g/mol. The Hall–Kier alpha value is -2.88. The highest BCUT2D eigenvalue weighted by Crippen LogP contribution is 2.33. The van der Waals surface area contributed by atoms with E-state index in [1.54, 1.807) is 0 Å². The maximum Gasteiger partial charge on any atom is 0.128 e. The van der Waals surface area contributed by atoms with Crippen molar-refractivity contribution < 1.29 is 0 Å². The topological polar surface area (TPSA) is 55.0 Å². The van der Waals surface area contributed by atoms with E-state index in [2.05, 4.69) is 59.3 Å². The van der Waals surface area contributed by atoms with Crippen LogP contribution in [0.15, 0.2) is 54.9 Å². The van der Waals surface area contributed by atoms with Gasteiger partial charge in [0.1, 0.15) is 11.6 Å². The number of nitrogens with two attached hydrogens (primary N) is 1. The Bertz CT molecular complexity index is 912. The molecule has 1 aliphatic heterocycles. The number of nitrogen functional groups attached to an aromatic ring is 1. The minimum Gasteiger partial charge on any atom is -0.383 e. The van der Waals surface area contributed by atoms with Crippen LogP contribution in [0.25, 0.3) is 22.3 Å². The van der Waals surface area contributed by atoms with E-state index in [9.17, 15) is 0 Å². The van der Waals surface area contributed by atoms with E-state index in [0.717, 1.165) is 47.6 Å². The van der Waals surface area contributed by atoms with Gasteiger partial charge in [-0.25, -0.2) is 9.97 Å². The number of rotatable bonds is 4. The molecule has 2 N–H and O–H groups in total. The Labute approximate surface area is 161 Å². The summed E-state index contributed by atoms with van der Waals surface area (Å²) in [6.45, 7) is 4.33. The van der Waals surface area contributed by atoms with Gasteiger partial charge in [-0.3, -0.25) is 0 Å². The smallest absolute Gasteiger partial charge is 0.128 e. The highest BCUT2D eigenvalue weighted by Gasteiger charge is 2.13. The average Bonchev–Trinajstić information content (AvgIpc) is 2.75. The molecule has 0 amide bonds. The van der Waals surface area contributed by atoms with Crippen LogP contribution in [-0.4, -0.2) is 23.1 Å². The highest BCUT2D eigenvalue weighted by molar-refractivity contribution is 5.83. The Kier molecular flexibility index (Phi) is 5.05. The first kappa shape index (κ1) is 17.5. The zero-order valence-electron chi connectivity index (χ0n) is 15.9. The number of hydrogen-bond donors (Lipinski definition) is 1. The molecule has 0 aliphatic carbocycles. The molecule has 0 unspecified atom stereocenters. The van der Waals surface area contributed by atoms with Crippen molar-refractivity contribution >= 4 is 11.6 Å². The van der Waals surface area contributed by atoms with Gasteiger partial charge in [-0.2, -0.15) is 0 Å². The molecule has 27 heavy (non-hydrogen) atoms. The van der Waals surface area contributed by atoms with Crippen molar-refractivity contribution in [1.82, 2.24) is 9.97 Å².